The molecular weight excluding hydrogens is 340 g/mol. The van der Waals surface area contributed by atoms with Gasteiger partial charge in [0.05, 0.1) is 6.26 Å². The number of furan rings is 1. The van der Waals surface area contributed by atoms with E-state index < -0.39 is 24.8 Å². The summed E-state index contributed by atoms with van der Waals surface area (Å²) in [6.45, 7) is -0.550. The fourth-order valence-corrected chi connectivity index (χ4v) is 1.94. The Balaban J connectivity index is 1.49. The highest BCUT2D eigenvalue weighted by Crippen LogP contribution is 2.42. The van der Waals surface area contributed by atoms with Gasteiger partial charge in [0, 0.05) is 17.8 Å². The molecule has 1 aliphatic rings. The average Bonchev–Trinajstić information content (AvgIpc) is 3.16. The quantitative estimate of drug-likeness (QED) is 0.658. The van der Waals surface area contributed by atoms with E-state index in [1.165, 1.54) is 30.5 Å². The second kappa shape index (κ2) is 6.63. The third-order valence-corrected chi connectivity index (χ3v) is 2.96. The van der Waals surface area contributed by atoms with E-state index in [4.69, 9.17) is 9.15 Å². The second-order valence-corrected chi connectivity index (χ2v) is 4.83. The minimum absolute atomic E-state index is 0.141. The summed E-state index contributed by atoms with van der Waals surface area (Å²) in [5, 5.41) is 2.38. The van der Waals surface area contributed by atoms with Gasteiger partial charge in [-0.1, -0.05) is 0 Å². The summed E-state index contributed by atoms with van der Waals surface area (Å²) in [5.41, 5.74) is 0.187. The van der Waals surface area contributed by atoms with Gasteiger partial charge in [-0.3, -0.25) is 4.79 Å². The van der Waals surface area contributed by atoms with Gasteiger partial charge in [-0.2, -0.15) is 0 Å². The van der Waals surface area contributed by atoms with Crippen molar-refractivity contribution < 1.29 is 37.0 Å². The Morgan fingerprint density at radius 2 is 2.00 bits per heavy atom. The van der Waals surface area contributed by atoms with Gasteiger partial charge in [-0.25, -0.2) is 4.79 Å². The number of anilines is 1. The lowest BCUT2D eigenvalue weighted by Crippen LogP contribution is -2.25. The Hall–Kier alpha value is -3.36. The van der Waals surface area contributed by atoms with Crippen LogP contribution in [0.5, 0.6) is 11.5 Å². The Kier molecular flexibility index (Phi) is 4.38. The van der Waals surface area contributed by atoms with Crippen molar-refractivity contribution in [2.75, 3.05) is 11.9 Å². The number of ether oxygens (including phenoxy) is 3. The molecule has 0 saturated carbocycles. The first-order chi connectivity index (χ1) is 11.9. The highest BCUT2D eigenvalue weighted by atomic mass is 19.3. The molecule has 0 bridgehead atoms. The number of esters is 1. The SMILES string of the molecule is O=C(COC(=O)C=Cc1ccco1)Nc1ccc2c(c1)OC(F)(F)O2. The average molecular weight is 351 g/mol. The van der Waals surface area contributed by atoms with Gasteiger partial charge in [0.1, 0.15) is 5.76 Å². The molecule has 0 saturated heterocycles. The Morgan fingerprint density at radius 1 is 1.20 bits per heavy atom. The molecule has 130 valence electrons. The van der Waals surface area contributed by atoms with Crippen LogP contribution in [0.15, 0.2) is 47.1 Å². The summed E-state index contributed by atoms with van der Waals surface area (Å²) in [5.74, 6) is -1.28. The van der Waals surface area contributed by atoms with Crippen molar-refractivity contribution in [3.63, 3.8) is 0 Å². The topological polar surface area (TPSA) is 87.0 Å². The van der Waals surface area contributed by atoms with E-state index in [1.807, 2.05) is 0 Å². The van der Waals surface area contributed by atoms with Crippen molar-refractivity contribution in [1.82, 2.24) is 0 Å². The Morgan fingerprint density at radius 3 is 2.76 bits per heavy atom. The maximum Gasteiger partial charge on any atom is 0.586 e. The van der Waals surface area contributed by atoms with Gasteiger partial charge in [0.15, 0.2) is 18.1 Å². The van der Waals surface area contributed by atoms with Crippen molar-refractivity contribution in [2.45, 2.75) is 6.29 Å². The summed E-state index contributed by atoms with van der Waals surface area (Å²) < 4.78 is 44.1. The van der Waals surface area contributed by atoms with Crippen LogP contribution >= 0.6 is 0 Å². The van der Waals surface area contributed by atoms with Crippen molar-refractivity contribution in [3.05, 3.63) is 48.4 Å². The van der Waals surface area contributed by atoms with E-state index in [1.54, 1.807) is 12.1 Å². The van der Waals surface area contributed by atoms with E-state index in [-0.39, 0.29) is 17.2 Å². The standard InChI is InChI=1S/C16H11F2NO6/c17-16(18)24-12-5-3-10(8-13(12)25-16)19-14(20)9-23-15(21)6-4-11-2-1-7-22-11/h1-8H,9H2,(H,19,20). The van der Waals surface area contributed by atoms with E-state index in [0.29, 0.717) is 5.76 Å². The molecule has 1 aliphatic heterocycles. The maximum atomic E-state index is 12.9. The number of nitrogens with one attached hydrogen (secondary N) is 1. The first-order valence-electron chi connectivity index (χ1n) is 6.99. The minimum atomic E-state index is -3.74. The molecule has 0 fully saturated rings. The van der Waals surface area contributed by atoms with Crippen molar-refractivity contribution in [1.29, 1.82) is 0 Å². The van der Waals surface area contributed by atoms with Crippen LogP contribution in [0.25, 0.3) is 6.08 Å². The highest BCUT2D eigenvalue weighted by molar-refractivity contribution is 5.94. The Labute approximate surface area is 139 Å². The van der Waals surface area contributed by atoms with Crippen LogP contribution < -0.4 is 14.8 Å². The molecule has 0 radical (unpaired) electrons. The number of hydrogen-bond donors (Lipinski definition) is 1. The van der Waals surface area contributed by atoms with Crippen LogP contribution in [-0.4, -0.2) is 24.8 Å². The molecule has 0 atom stereocenters. The van der Waals surface area contributed by atoms with Crippen LogP contribution in [0, 0.1) is 0 Å². The molecule has 2 heterocycles. The zero-order valence-corrected chi connectivity index (χ0v) is 12.5. The number of benzene rings is 1. The van der Waals surface area contributed by atoms with Gasteiger partial charge in [0.2, 0.25) is 0 Å². The summed E-state index contributed by atoms with van der Waals surface area (Å²) >= 11 is 0. The molecular formula is C16H11F2NO6. The van der Waals surface area contributed by atoms with Crippen LogP contribution in [0.4, 0.5) is 14.5 Å². The number of amides is 1. The van der Waals surface area contributed by atoms with Crippen molar-refractivity contribution in [2.24, 2.45) is 0 Å². The molecule has 2 aromatic rings. The number of carbonyl (C=O) groups is 2. The fourth-order valence-electron chi connectivity index (χ4n) is 1.94. The first kappa shape index (κ1) is 16.5. The van der Waals surface area contributed by atoms with Crippen LogP contribution in [-0.2, 0) is 14.3 Å². The normalized spacial score (nSPS) is 14.5. The van der Waals surface area contributed by atoms with Crippen molar-refractivity contribution in [3.8, 4) is 11.5 Å². The molecule has 9 heteroatoms. The van der Waals surface area contributed by atoms with E-state index in [0.717, 1.165) is 6.08 Å². The third kappa shape index (κ3) is 4.34. The van der Waals surface area contributed by atoms with Gasteiger partial charge in [0.25, 0.3) is 5.91 Å². The zero-order chi connectivity index (χ0) is 17.9. The lowest BCUT2D eigenvalue weighted by Gasteiger charge is -2.06. The van der Waals surface area contributed by atoms with Crippen LogP contribution in [0.2, 0.25) is 0 Å². The molecule has 3 rings (SSSR count). The monoisotopic (exact) mass is 351 g/mol. The fraction of sp³-hybridized carbons (Fsp3) is 0.125. The number of carbonyl (C=O) groups excluding carboxylic acids is 2. The molecule has 0 spiro atoms. The molecule has 1 N–H and O–H groups in total. The summed E-state index contributed by atoms with van der Waals surface area (Å²) in [6, 6.07) is 7.04. The largest absolute Gasteiger partial charge is 0.586 e. The molecule has 7 nitrogen and oxygen atoms in total. The number of fused-ring (bicyclic) bond motifs is 1. The maximum absolute atomic E-state index is 12.9. The highest BCUT2D eigenvalue weighted by Gasteiger charge is 2.43. The summed E-state index contributed by atoms with van der Waals surface area (Å²) in [6.07, 6.45) is 0.202. The van der Waals surface area contributed by atoms with Gasteiger partial charge < -0.3 is 23.9 Å². The predicted molar refractivity (Wildman–Crippen MR) is 80.0 cm³/mol. The number of rotatable bonds is 5. The summed E-state index contributed by atoms with van der Waals surface area (Å²) in [7, 11) is 0. The summed E-state index contributed by atoms with van der Waals surface area (Å²) in [4.78, 5) is 23.2. The molecule has 0 aliphatic carbocycles. The van der Waals surface area contributed by atoms with Gasteiger partial charge in [-0.15, -0.1) is 8.78 Å². The van der Waals surface area contributed by atoms with E-state index >= 15 is 0 Å². The van der Waals surface area contributed by atoms with E-state index in [9.17, 15) is 18.4 Å². The minimum Gasteiger partial charge on any atom is -0.465 e. The molecule has 0 unspecified atom stereocenters. The van der Waals surface area contributed by atoms with Gasteiger partial charge >= 0.3 is 12.3 Å². The third-order valence-electron chi connectivity index (χ3n) is 2.96. The number of halogens is 2. The molecule has 1 amide bonds. The second-order valence-electron chi connectivity index (χ2n) is 4.83. The molecule has 25 heavy (non-hydrogen) atoms. The molecule has 1 aromatic carbocycles. The van der Waals surface area contributed by atoms with E-state index in [2.05, 4.69) is 14.8 Å². The molecule has 1 aromatic heterocycles. The van der Waals surface area contributed by atoms with Crippen LogP contribution in [0.1, 0.15) is 5.76 Å². The van der Waals surface area contributed by atoms with Gasteiger partial charge in [-0.05, 0) is 30.3 Å². The van der Waals surface area contributed by atoms with Crippen molar-refractivity contribution >= 4 is 23.6 Å². The Bertz CT molecular complexity index is 816. The smallest absolute Gasteiger partial charge is 0.465 e. The lowest BCUT2D eigenvalue weighted by molar-refractivity contribution is -0.286. The first-order valence-corrected chi connectivity index (χ1v) is 6.99. The van der Waals surface area contributed by atoms with Crippen LogP contribution in [0.3, 0.4) is 0 Å². The number of hydrogen-bond acceptors (Lipinski definition) is 6. The lowest BCUT2D eigenvalue weighted by atomic mass is 10.3. The zero-order valence-electron chi connectivity index (χ0n) is 12.5. The number of alkyl halides is 2. The predicted octanol–water partition coefficient (Wildman–Crippen LogP) is 2.80.